The zero-order valence-corrected chi connectivity index (χ0v) is 18.8. The largest absolute Gasteiger partial charge is 0.481 e. The van der Waals surface area contributed by atoms with Crippen LogP contribution in [0.15, 0.2) is 48.8 Å². The van der Waals surface area contributed by atoms with Crippen LogP contribution in [0.2, 0.25) is 0 Å². The van der Waals surface area contributed by atoms with Gasteiger partial charge in [0.05, 0.1) is 42.6 Å². The summed E-state index contributed by atoms with van der Waals surface area (Å²) in [6.07, 6.45) is 5.36. The lowest BCUT2D eigenvalue weighted by molar-refractivity contribution is 0.0777. The summed E-state index contributed by atoms with van der Waals surface area (Å²) in [6, 6.07) is 12.9. The van der Waals surface area contributed by atoms with Crippen molar-refractivity contribution in [1.29, 1.82) is 5.26 Å². The van der Waals surface area contributed by atoms with Gasteiger partial charge < -0.3 is 14.4 Å². The molecule has 1 aromatic carbocycles. The molecule has 9 nitrogen and oxygen atoms in total. The van der Waals surface area contributed by atoms with Crippen molar-refractivity contribution in [3.63, 3.8) is 0 Å². The quantitative estimate of drug-likeness (QED) is 0.452. The second-order valence-electron chi connectivity index (χ2n) is 8.17. The minimum Gasteiger partial charge on any atom is -0.481 e. The van der Waals surface area contributed by atoms with Crippen LogP contribution in [-0.4, -0.2) is 51.2 Å². The molecule has 1 N–H and O–H groups in total. The summed E-state index contributed by atoms with van der Waals surface area (Å²) in [5.74, 6) is 0.554. The number of nitriles is 1. The number of carbonyl (C=O) groups excluding carboxylic acids is 1. The van der Waals surface area contributed by atoms with Crippen molar-refractivity contribution in [3.05, 3.63) is 65.6 Å². The van der Waals surface area contributed by atoms with Gasteiger partial charge in [0.25, 0.3) is 5.91 Å². The first-order valence-electron chi connectivity index (χ1n) is 10.9. The van der Waals surface area contributed by atoms with Crippen molar-refractivity contribution in [2.45, 2.75) is 25.5 Å². The van der Waals surface area contributed by atoms with Gasteiger partial charge in [-0.05, 0) is 42.7 Å². The highest BCUT2D eigenvalue weighted by Crippen LogP contribution is 2.34. The molecule has 3 aromatic heterocycles. The first kappa shape index (κ1) is 21.4. The minimum absolute atomic E-state index is 0.0989. The standard InChI is InChI=1S/C25H22N6O3/c1-31(14-20-22-17(13-28-30-22)12-27-23(20)33-2)25(32)21-9-8-19(24(29-21)34-18-6-7-18)16-5-3-4-15(10-16)11-26/h3-5,8-10,12-13,18H,6-7,14H2,1-2H3,(H,28,30). The number of methoxy groups -OCH3 is 1. The van der Waals surface area contributed by atoms with Gasteiger partial charge in [-0.25, -0.2) is 9.97 Å². The summed E-state index contributed by atoms with van der Waals surface area (Å²) in [5.41, 5.74) is 3.87. The SMILES string of the molecule is COc1ncc2cn[nH]c2c1CN(C)C(=O)c1ccc(-c2cccc(C#N)c2)c(OC2CC2)n1. The Hall–Kier alpha value is -4.45. The molecule has 0 atom stereocenters. The third kappa shape index (κ3) is 4.13. The lowest BCUT2D eigenvalue weighted by atomic mass is 10.0. The predicted octanol–water partition coefficient (Wildman–Crippen LogP) is 3.71. The Morgan fingerprint density at radius 3 is 2.85 bits per heavy atom. The van der Waals surface area contributed by atoms with Crippen LogP contribution in [0.3, 0.4) is 0 Å². The molecular weight excluding hydrogens is 432 g/mol. The molecule has 170 valence electrons. The van der Waals surface area contributed by atoms with Crippen LogP contribution in [0.4, 0.5) is 0 Å². The van der Waals surface area contributed by atoms with E-state index in [4.69, 9.17) is 9.47 Å². The van der Waals surface area contributed by atoms with Crippen LogP contribution >= 0.6 is 0 Å². The lowest BCUT2D eigenvalue weighted by Gasteiger charge is -2.19. The number of benzene rings is 1. The maximum absolute atomic E-state index is 13.3. The third-order valence-electron chi connectivity index (χ3n) is 5.67. The van der Waals surface area contributed by atoms with Crippen LogP contribution in [-0.2, 0) is 6.54 Å². The van der Waals surface area contributed by atoms with Crippen molar-refractivity contribution in [3.8, 4) is 29.0 Å². The normalized spacial score (nSPS) is 12.9. The monoisotopic (exact) mass is 454 g/mol. The third-order valence-corrected chi connectivity index (χ3v) is 5.67. The van der Waals surface area contributed by atoms with Crippen molar-refractivity contribution < 1.29 is 14.3 Å². The van der Waals surface area contributed by atoms with E-state index in [0.29, 0.717) is 17.3 Å². The molecule has 9 heteroatoms. The van der Waals surface area contributed by atoms with E-state index in [1.54, 1.807) is 49.7 Å². The zero-order chi connectivity index (χ0) is 23.7. The number of H-pyrrole nitrogens is 1. The van der Waals surface area contributed by atoms with Gasteiger partial charge in [0, 0.05) is 24.2 Å². The number of nitrogens with zero attached hydrogens (tertiary/aromatic N) is 5. The molecule has 3 heterocycles. The van der Waals surface area contributed by atoms with E-state index >= 15 is 0 Å². The fraction of sp³-hybridized carbons (Fsp3) is 0.240. The highest BCUT2D eigenvalue weighted by Gasteiger charge is 2.27. The number of hydrogen-bond acceptors (Lipinski definition) is 7. The maximum Gasteiger partial charge on any atom is 0.272 e. The molecule has 5 rings (SSSR count). The molecule has 1 amide bonds. The number of hydrogen-bond donors (Lipinski definition) is 1. The zero-order valence-electron chi connectivity index (χ0n) is 18.8. The second-order valence-corrected chi connectivity index (χ2v) is 8.17. The predicted molar refractivity (Wildman–Crippen MR) is 124 cm³/mol. The number of fused-ring (bicyclic) bond motifs is 1. The Balaban J connectivity index is 1.46. The van der Waals surface area contributed by atoms with Crippen molar-refractivity contribution in [1.82, 2.24) is 25.1 Å². The summed E-state index contributed by atoms with van der Waals surface area (Å²) in [7, 11) is 3.24. The number of rotatable bonds is 7. The van der Waals surface area contributed by atoms with Gasteiger partial charge in [0.1, 0.15) is 11.8 Å². The molecule has 34 heavy (non-hydrogen) atoms. The molecule has 1 saturated carbocycles. The van der Waals surface area contributed by atoms with E-state index in [1.807, 2.05) is 18.2 Å². The molecule has 0 bridgehead atoms. The number of amides is 1. The van der Waals surface area contributed by atoms with Crippen LogP contribution in [0, 0.1) is 11.3 Å². The summed E-state index contributed by atoms with van der Waals surface area (Å²) < 4.78 is 11.5. The average Bonchev–Trinajstić information content (AvgIpc) is 3.55. The molecule has 0 spiro atoms. The van der Waals surface area contributed by atoms with E-state index in [0.717, 1.165) is 40.4 Å². The minimum atomic E-state index is -0.267. The Labute approximate surface area is 196 Å². The van der Waals surface area contributed by atoms with Gasteiger partial charge in [-0.2, -0.15) is 10.4 Å². The molecular formula is C25H22N6O3. The van der Waals surface area contributed by atoms with Crippen LogP contribution in [0.25, 0.3) is 22.0 Å². The lowest BCUT2D eigenvalue weighted by Crippen LogP contribution is -2.27. The smallest absolute Gasteiger partial charge is 0.272 e. The topological polar surface area (TPSA) is 117 Å². The Morgan fingerprint density at radius 1 is 1.24 bits per heavy atom. The number of nitrogens with one attached hydrogen (secondary N) is 1. The molecule has 0 unspecified atom stereocenters. The van der Waals surface area contributed by atoms with Crippen molar-refractivity contribution in [2.75, 3.05) is 14.2 Å². The molecule has 0 aliphatic heterocycles. The molecule has 0 saturated heterocycles. The molecule has 1 fully saturated rings. The van der Waals surface area contributed by atoms with E-state index in [2.05, 4.69) is 26.2 Å². The van der Waals surface area contributed by atoms with Gasteiger partial charge in [-0.1, -0.05) is 12.1 Å². The number of aromatic amines is 1. The van der Waals surface area contributed by atoms with E-state index in [1.165, 1.54) is 0 Å². The Morgan fingerprint density at radius 2 is 2.09 bits per heavy atom. The Bertz CT molecular complexity index is 1420. The van der Waals surface area contributed by atoms with E-state index in [9.17, 15) is 10.1 Å². The fourth-order valence-electron chi connectivity index (χ4n) is 3.74. The maximum atomic E-state index is 13.3. The summed E-state index contributed by atoms with van der Waals surface area (Å²) in [4.78, 5) is 23.8. The van der Waals surface area contributed by atoms with Crippen LogP contribution in [0.1, 0.15) is 34.5 Å². The van der Waals surface area contributed by atoms with Crippen LogP contribution in [0.5, 0.6) is 11.8 Å². The van der Waals surface area contributed by atoms with E-state index in [-0.39, 0.29) is 24.2 Å². The fourth-order valence-corrected chi connectivity index (χ4v) is 3.74. The number of pyridine rings is 2. The molecule has 4 aromatic rings. The summed E-state index contributed by atoms with van der Waals surface area (Å²) in [6.45, 7) is 0.251. The highest BCUT2D eigenvalue weighted by molar-refractivity contribution is 5.93. The molecule has 1 aliphatic carbocycles. The Kier molecular flexibility index (Phi) is 5.55. The van der Waals surface area contributed by atoms with Crippen molar-refractivity contribution in [2.24, 2.45) is 0 Å². The average molecular weight is 454 g/mol. The van der Waals surface area contributed by atoms with Crippen LogP contribution < -0.4 is 9.47 Å². The molecule has 1 aliphatic rings. The number of aromatic nitrogens is 4. The number of carbonyl (C=O) groups is 1. The number of ether oxygens (including phenoxy) is 2. The van der Waals surface area contributed by atoms with Gasteiger partial charge in [0.2, 0.25) is 11.8 Å². The summed E-state index contributed by atoms with van der Waals surface area (Å²) in [5, 5.41) is 17.1. The first-order chi connectivity index (χ1) is 16.6. The second kappa shape index (κ2) is 8.83. The first-order valence-corrected chi connectivity index (χ1v) is 10.9. The van der Waals surface area contributed by atoms with Gasteiger partial charge in [-0.3, -0.25) is 9.89 Å². The van der Waals surface area contributed by atoms with Gasteiger partial charge in [0.15, 0.2) is 0 Å². The molecule has 0 radical (unpaired) electrons. The summed E-state index contributed by atoms with van der Waals surface area (Å²) >= 11 is 0. The highest BCUT2D eigenvalue weighted by atomic mass is 16.5. The van der Waals surface area contributed by atoms with Gasteiger partial charge >= 0.3 is 0 Å². The van der Waals surface area contributed by atoms with Gasteiger partial charge in [-0.15, -0.1) is 0 Å². The van der Waals surface area contributed by atoms with Crippen molar-refractivity contribution >= 4 is 16.8 Å². The van der Waals surface area contributed by atoms with E-state index < -0.39 is 0 Å².